The molecule has 3 aromatic rings. The Kier molecular flexibility index (Phi) is 5.93. The van der Waals surface area contributed by atoms with E-state index in [1.54, 1.807) is 41.3 Å². The highest BCUT2D eigenvalue weighted by molar-refractivity contribution is 5.95. The van der Waals surface area contributed by atoms with Crippen LogP contribution in [0.4, 0.5) is 4.39 Å². The Morgan fingerprint density at radius 1 is 1.03 bits per heavy atom. The van der Waals surface area contributed by atoms with E-state index >= 15 is 0 Å². The molecule has 0 radical (unpaired) electrons. The van der Waals surface area contributed by atoms with E-state index in [2.05, 4.69) is 4.98 Å². The fraction of sp³-hybridized carbons (Fsp3) is 0.208. The first-order valence-electron chi connectivity index (χ1n) is 10.00. The van der Waals surface area contributed by atoms with Crippen molar-refractivity contribution in [2.24, 2.45) is 5.92 Å². The topological polar surface area (TPSA) is 79.7 Å². The maximum atomic E-state index is 14.0. The van der Waals surface area contributed by atoms with Crippen LogP contribution in [0.2, 0.25) is 0 Å². The van der Waals surface area contributed by atoms with E-state index in [1.807, 2.05) is 0 Å². The molecule has 1 aliphatic rings. The molecule has 0 unspecified atom stereocenters. The van der Waals surface area contributed by atoms with Gasteiger partial charge in [-0.3, -0.25) is 4.79 Å². The summed E-state index contributed by atoms with van der Waals surface area (Å²) in [7, 11) is 0. The lowest BCUT2D eigenvalue weighted by molar-refractivity contribution is 0.0693. The second kappa shape index (κ2) is 8.95. The van der Waals surface area contributed by atoms with Gasteiger partial charge in [-0.25, -0.2) is 14.2 Å². The molecule has 2 aromatic carbocycles. The Hall–Kier alpha value is -3.74. The number of hydrogen-bond acceptors (Lipinski definition) is 4. The van der Waals surface area contributed by atoms with Gasteiger partial charge in [0, 0.05) is 19.3 Å². The van der Waals surface area contributed by atoms with Gasteiger partial charge in [-0.15, -0.1) is 0 Å². The summed E-state index contributed by atoms with van der Waals surface area (Å²) < 4.78 is 19.7. The molecule has 0 bridgehead atoms. The van der Waals surface area contributed by atoms with E-state index in [0.717, 1.165) is 18.4 Å². The van der Waals surface area contributed by atoms with Crippen LogP contribution in [0, 0.1) is 11.7 Å². The number of carbonyl (C=O) groups excluding carboxylic acids is 1. The lowest BCUT2D eigenvalue weighted by Crippen LogP contribution is -2.33. The van der Waals surface area contributed by atoms with Crippen LogP contribution < -0.4 is 4.74 Å². The number of nitrogens with zero attached hydrogens (tertiary/aromatic N) is 2. The van der Waals surface area contributed by atoms with Gasteiger partial charge in [0.25, 0.3) is 5.91 Å². The van der Waals surface area contributed by atoms with E-state index in [0.29, 0.717) is 19.0 Å². The largest absolute Gasteiger partial charge is 0.478 e. The summed E-state index contributed by atoms with van der Waals surface area (Å²) >= 11 is 0. The lowest BCUT2D eigenvalue weighted by Gasteiger charge is -2.23. The minimum atomic E-state index is -0.999. The molecule has 1 fully saturated rings. The molecule has 0 aliphatic heterocycles. The normalized spacial score (nSPS) is 12.9. The SMILES string of the molecule is O=C(O)c1ccc(CN(CC2CC2)C(=O)c2ncccc2Oc2ccccc2F)cc1. The van der Waals surface area contributed by atoms with Gasteiger partial charge in [0.1, 0.15) is 0 Å². The highest BCUT2D eigenvalue weighted by Crippen LogP contribution is 2.32. The molecule has 1 amide bonds. The van der Waals surface area contributed by atoms with Crippen molar-refractivity contribution in [3.8, 4) is 11.5 Å². The molecular weight excluding hydrogens is 399 g/mol. The molecule has 1 N–H and O–H groups in total. The molecule has 6 nitrogen and oxygen atoms in total. The van der Waals surface area contributed by atoms with E-state index in [1.165, 1.54) is 30.5 Å². The summed E-state index contributed by atoms with van der Waals surface area (Å²) in [4.78, 5) is 30.4. The Balaban J connectivity index is 1.58. The molecule has 0 atom stereocenters. The first kappa shape index (κ1) is 20.5. The number of aromatic carboxylic acids is 1. The van der Waals surface area contributed by atoms with Gasteiger partial charge in [-0.05, 0) is 60.7 Å². The number of para-hydroxylation sites is 1. The number of aromatic nitrogens is 1. The van der Waals surface area contributed by atoms with Crippen LogP contribution in [0.25, 0.3) is 0 Å². The minimum absolute atomic E-state index is 0.0163. The summed E-state index contributed by atoms with van der Waals surface area (Å²) in [5.41, 5.74) is 1.11. The zero-order valence-corrected chi connectivity index (χ0v) is 16.7. The number of carbonyl (C=O) groups is 2. The molecule has 4 rings (SSSR count). The van der Waals surface area contributed by atoms with Crippen LogP contribution in [0.1, 0.15) is 39.3 Å². The zero-order chi connectivity index (χ0) is 21.8. The summed E-state index contributed by atoms with van der Waals surface area (Å²) in [6.07, 6.45) is 3.61. The number of amides is 1. The smallest absolute Gasteiger partial charge is 0.335 e. The molecular formula is C24H21FN2O4. The average Bonchev–Trinajstić information content (AvgIpc) is 3.59. The first-order valence-corrected chi connectivity index (χ1v) is 10.00. The summed E-state index contributed by atoms with van der Waals surface area (Å²) in [5, 5.41) is 9.08. The predicted molar refractivity (Wildman–Crippen MR) is 112 cm³/mol. The van der Waals surface area contributed by atoms with Crippen molar-refractivity contribution in [3.05, 3.63) is 89.5 Å². The maximum Gasteiger partial charge on any atom is 0.335 e. The predicted octanol–water partition coefficient (Wildman–Crippen LogP) is 4.76. The number of hydrogen-bond donors (Lipinski definition) is 1. The Morgan fingerprint density at radius 3 is 2.42 bits per heavy atom. The van der Waals surface area contributed by atoms with Gasteiger partial charge in [0.15, 0.2) is 23.0 Å². The van der Waals surface area contributed by atoms with E-state index in [-0.39, 0.29) is 28.7 Å². The maximum absolute atomic E-state index is 14.0. The molecule has 1 aliphatic carbocycles. The van der Waals surface area contributed by atoms with Crippen molar-refractivity contribution in [3.63, 3.8) is 0 Å². The Labute approximate surface area is 178 Å². The molecule has 1 saturated carbocycles. The van der Waals surface area contributed by atoms with Gasteiger partial charge >= 0.3 is 5.97 Å². The van der Waals surface area contributed by atoms with Crippen LogP contribution in [-0.4, -0.2) is 33.4 Å². The third kappa shape index (κ3) is 5.06. The third-order valence-corrected chi connectivity index (χ3v) is 5.07. The number of carboxylic acid groups (broad SMARTS) is 1. The number of ether oxygens (including phenoxy) is 1. The third-order valence-electron chi connectivity index (χ3n) is 5.07. The molecule has 31 heavy (non-hydrogen) atoms. The van der Waals surface area contributed by atoms with Gasteiger partial charge < -0.3 is 14.7 Å². The van der Waals surface area contributed by atoms with Crippen LogP contribution >= 0.6 is 0 Å². The van der Waals surface area contributed by atoms with Crippen LogP contribution in [0.15, 0.2) is 66.9 Å². The fourth-order valence-electron chi connectivity index (χ4n) is 3.23. The van der Waals surface area contributed by atoms with Gasteiger partial charge in [-0.2, -0.15) is 0 Å². The van der Waals surface area contributed by atoms with E-state index in [9.17, 15) is 14.0 Å². The molecule has 7 heteroatoms. The van der Waals surface area contributed by atoms with E-state index < -0.39 is 11.8 Å². The average molecular weight is 420 g/mol. The van der Waals surface area contributed by atoms with Crippen molar-refractivity contribution in [2.75, 3.05) is 6.54 Å². The molecule has 158 valence electrons. The highest BCUT2D eigenvalue weighted by Gasteiger charge is 2.29. The zero-order valence-electron chi connectivity index (χ0n) is 16.7. The molecule has 1 heterocycles. The minimum Gasteiger partial charge on any atom is -0.478 e. The van der Waals surface area contributed by atoms with Crippen LogP contribution in [0.5, 0.6) is 11.5 Å². The molecule has 1 aromatic heterocycles. The standard InChI is InChI=1S/C24H21FN2O4/c25-19-4-1-2-5-20(19)31-21-6-3-13-26-22(21)23(28)27(14-16-7-8-16)15-17-9-11-18(12-10-17)24(29)30/h1-6,9-13,16H,7-8,14-15H2,(H,29,30). The highest BCUT2D eigenvalue weighted by atomic mass is 19.1. The van der Waals surface area contributed by atoms with Crippen LogP contribution in [-0.2, 0) is 6.54 Å². The number of halogens is 1. The van der Waals surface area contributed by atoms with E-state index in [4.69, 9.17) is 9.84 Å². The van der Waals surface area contributed by atoms with Crippen molar-refractivity contribution in [1.29, 1.82) is 0 Å². The summed E-state index contributed by atoms with van der Waals surface area (Å²) in [5.74, 6) is -1.22. The number of pyridine rings is 1. The number of carboxylic acids is 1. The quantitative estimate of drug-likeness (QED) is 0.568. The van der Waals surface area contributed by atoms with Gasteiger partial charge in [0.05, 0.1) is 5.56 Å². The van der Waals surface area contributed by atoms with Crippen molar-refractivity contribution in [2.45, 2.75) is 19.4 Å². The summed E-state index contributed by atoms with van der Waals surface area (Å²) in [6, 6.07) is 15.6. The second-order valence-electron chi connectivity index (χ2n) is 7.51. The molecule has 0 saturated heterocycles. The number of rotatable bonds is 8. The second-order valence-corrected chi connectivity index (χ2v) is 7.51. The lowest BCUT2D eigenvalue weighted by atomic mass is 10.1. The molecule has 0 spiro atoms. The Morgan fingerprint density at radius 2 is 1.74 bits per heavy atom. The first-order chi connectivity index (χ1) is 15.0. The Bertz CT molecular complexity index is 1100. The fourth-order valence-corrected chi connectivity index (χ4v) is 3.23. The van der Waals surface area contributed by atoms with Gasteiger partial charge in [0.2, 0.25) is 0 Å². The van der Waals surface area contributed by atoms with Gasteiger partial charge in [-0.1, -0.05) is 24.3 Å². The summed E-state index contributed by atoms with van der Waals surface area (Å²) in [6.45, 7) is 0.875. The number of benzene rings is 2. The van der Waals surface area contributed by atoms with Crippen molar-refractivity contribution < 1.29 is 23.8 Å². The van der Waals surface area contributed by atoms with Crippen LogP contribution in [0.3, 0.4) is 0 Å². The monoisotopic (exact) mass is 420 g/mol. The van der Waals surface area contributed by atoms with Crippen molar-refractivity contribution >= 4 is 11.9 Å². The van der Waals surface area contributed by atoms with Crippen molar-refractivity contribution in [1.82, 2.24) is 9.88 Å².